The Labute approximate surface area is 90.6 Å². The molecular weight excluding hydrogens is 192 g/mol. The van der Waals surface area contributed by atoms with Gasteiger partial charge in [-0.15, -0.1) is 0 Å². The number of aliphatic hydroxyl groups excluding tert-OH is 1. The van der Waals surface area contributed by atoms with Gasteiger partial charge >= 0.3 is 0 Å². The van der Waals surface area contributed by atoms with Gasteiger partial charge in [0.1, 0.15) is 0 Å². The van der Waals surface area contributed by atoms with E-state index in [0.29, 0.717) is 5.92 Å². The number of nitrogens with one attached hydrogen (secondary N) is 1. The number of hydrogen-bond acceptors (Lipinski definition) is 3. The van der Waals surface area contributed by atoms with E-state index in [-0.39, 0.29) is 18.4 Å². The molecule has 2 aliphatic heterocycles. The second-order valence-electron chi connectivity index (χ2n) is 4.66. The largest absolute Gasteiger partial charge is 0.396 e. The van der Waals surface area contributed by atoms with Crippen LogP contribution in [0.15, 0.2) is 0 Å². The van der Waals surface area contributed by atoms with Crippen molar-refractivity contribution in [1.82, 2.24) is 10.2 Å². The fourth-order valence-corrected chi connectivity index (χ4v) is 2.50. The van der Waals surface area contributed by atoms with Crippen molar-refractivity contribution in [3.63, 3.8) is 0 Å². The fraction of sp³-hybridized carbons (Fsp3) is 0.909. The standard InChI is InChI=1S/C11H20N2O2/c14-8-9-3-5-13(7-9)11(15)10-2-1-4-12-6-10/h9-10,12,14H,1-8H2/t9?,10-/m0/s1. The van der Waals surface area contributed by atoms with Crippen LogP contribution in [0.1, 0.15) is 19.3 Å². The van der Waals surface area contributed by atoms with Crippen LogP contribution in [0.2, 0.25) is 0 Å². The van der Waals surface area contributed by atoms with Gasteiger partial charge in [-0.25, -0.2) is 0 Å². The molecule has 0 aromatic heterocycles. The first kappa shape index (κ1) is 10.9. The molecule has 0 aromatic rings. The van der Waals surface area contributed by atoms with Gasteiger partial charge in [0.05, 0.1) is 5.92 Å². The Morgan fingerprint density at radius 1 is 1.47 bits per heavy atom. The molecule has 0 saturated carbocycles. The van der Waals surface area contributed by atoms with Crippen LogP contribution < -0.4 is 5.32 Å². The first-order valence-corrected chi connectivity index (χ1v) is 5.91. The smallest absolute Gasteiger partial charge is 0.226 e. The highest BCUT2D eigenvalue weighted by atomic mass is 16.3. The second kappa shape index (κ2) is 4.94. The lowest BCUT2D eigenvalue weighted by atomic mass is 9.98. The van der Waals surface area contributed by atoms with Gasteiger partial charge in [-0.1, -0.05) is 0 Å². The van der Waals surface area contributed by atoms with Crippen LogP contribution >= 0.6 is 0 Å². The zero-order valence-electron chi connectivity index (χ0n) is 9.11. The van der Waals surface area contributed by atoms with Gasteiger partial charge in [0.25, 0.3) is 0 Å². The minimum atomic E-state index is 0.177. The number of likely N-dealkylation sites (tertiary alicyclic amines) is 1. The van der Waals surface area contributed by atoms with Gasteiger partial charge in [-0.05, 0) is 25.8 Å². The van der Waals surface area contributed by atoms with Gasteiger partial charge in [0, 0.05) is 32.2 Å². The highest BCUT2D eigenvalue weighted by Gasteiger charge is 2.30. The summed E-state index contributed by atoms with van der Waals surface area (Å²) < 4.78 is 0. The van der Waals surface area contributed by atoms with Crippen LogP contribution in [0.4, 0.5) is 0 Å². The second-order valence-corrected chi connectivity index (χ2v) is 4.66. The third kappa shape index (κ3) is 2.49. The number of rotatable bonds is 2. The molecule has 2 heterocycles. The molecule has 0 bridgehead atoms. The average molecular weight is 212 g/mol. The van der Waals surface area contributed by atoms with Crippen molar-refractivity contribution < 1.29 is 9.90 Å². The minimum Gasteiger partial charge on any atom is -0.396 e. The summed E-state index contributed by atoms with van der Waals surface area (Å²) in [5.74, 6) is 0.778. The average Bonchev–Trinajstić information content (AvgIpc) is 2.78. The lowest BCUT2D eigenvalue weighted by Crippen LogP contribution is -2.42. The monoisotopic (exact) mass is 212 g/mol. The lowest BCUT2D eigenvalue weighted by molar-refractivity contribution is -0.135. The number of amides is 1. The number of nitrogens with zero attached hydrogens (tertiary/aromatic N) is 1. The van der Waals surface area contributed by atoms with E-state index in [4.69, 9.17) is 5.11 Å². The molecule has 2 aliphatic rings. The third-order valence-electron chi connectivity index (χ3n) is 3.50. The van der Waals surface area contributed by atoms with Crippen molar-refractivity contribution in [3.8, 4) is 0 Å². The quantitative estimate of drug-likeness (QED) is 0.668. The Bertz CT molecular complexity index is 227. The van der Waals surface area contributed by atoms with Gasteiger partial charge in [0.2, 0.25) is 5.91 Å². The predicted molar refractivity (Wildman–Crippen MR) is 57.4 cm³/mol. The van der Waals surface area contributed by atoms with Gasteiger partial charge < -0.3 is 15.3 Å². The molecule has 4 nitrogen and oxygen atoms in total. The summed E-state index contributed by atoms with van der Waals surface area (Å²) in [6, 6.07) is 0. The van der Waals surface area contributed by atoms with Gasteiger partial charge in [0.15, 0.2) is 0 Å². The highest BCUT2D eigenvalue weighted by molar-refractivity contribution is 5.79. The van der Waals surface area contributed by atoms with Crippen molar-refractivity contribution in [3.05, 3.63) is 0 Å². The molecule has 4 heteroatoms. The Kier molecular flexibility index (Phi) is 3.59. The van der Waals surface area contributed by atoms with Crippen LogP contribution in [0, 0.1) is 11.8 Å². The Hall–Kier alpha value is -0.610. The molecule has 2 saturated heterocycles. The summed E-state index contributed by atoms with van der Waals surface area (Å²) in [6.45, 7) is 3.68. The molecule has 2 fully saturated rings. The lowest BCUT2D eigenvalue weighted by Gasteiger charge is -2.26. The number of aliphatic hydroxyl groups is 1. The Balaban J connectivity index is 1.85. The number of hydrogen-bond donors (Lipinski definition) is 2. The van der Waals surface area contributed by atoms with Crippen LogP contribution in [-0.4, -0.2) is 48.7 Å². The summed E-state index contributed by atoms with van der Waals surface area (Å²) in [6.07, 6.45) is 3.09. The number of carbonyl (C=O) groups excluding carboxylic acids is 1. The van der Waals surface area contributed by atoms with Gasteiger partial charge in [-0.3, -0.25) is 4.79 Å². The zero-order valence-corrected chi connectivity index (χ0v) is 9.11. The van der Waals surface area contributed by atoms with Crippen molar-refractivity contribution >= 4 is 5.91 Å². The van der Waals surface area contributed by atoms with Crippen LogP contribution in [-0.2, 0) is 4.79 Å². The van der Waals surface area contributed by atoms with E-state index >= 15 is 0 Å². The van der Waals surface area contributed by atoms with E-state index in [0.717, 1.165) is 45.4 Å². The van der Waals surface area contributed by atoms with Crippen LogP contribution in [0.25, 0.3) is 0 Å². The Morgan fingerprint density at radius 2 is 2.33 bits per heavy atom. The maximum absolute atomic E-state index is 12.1. The van der Waals surface area contributed by atoms with E-state index in [9.17, 15) is 4.79 Å². The maximum Gasteiger partial charge on any atom is 0.226 e. The molecular formula is C11H20N2O2. The van der Waals surface area contributed by atoms with Crippen molar-refractivity contribution in [2.75, 3.05) is 32.8 Å². The van der Waals surface area contributed by atoms with E-state index in [1.54, 1.807) is 0 Å². The summed E-state index contributed by atoms with van der Waals surface area (Å²) in [5, 5.41) is 12.3. The molecule has 2 atom stereocenters. The van der Waals surface area contributed by atoms with E-state index in [2.05, 4.69) is 5.32 Å². The van der Waals surface area contributed by atoms with Crippen molar-refractivity contribution in [2.45, 2.75) is 19.3 Å². The van der Waals surface area contributed by atoms with E-state index in [1.165, 1.54) is 0 Å². The van der Waals surface area contributed by atoms with E-state index in [1.807, 2.05) is 4.90 Å². The SMILES string of the molecule is O=C([C@H]1CCCNC1)N1CCC(CO)C1. The molecule has 15 heavy (non-hydrogen) atoms. The molecule has 0 radical (unpaired) electrons. The van der Waals surface area contributed by atoms with Crippen LogP contribution in [0.3, 0.4) is 0 Å². The summed E-state index contributed by atoms with van der Waals surface area (Å²) in [4.78, 5) is 14.0. The number of carbonyl (C=O) groups is 1. The molecule has 86 valence electrons. The van der Waals surface area contributed by atoms with Crippen LogP contribution in [0.5, 0.6) is 0 Å². The highest BCUT2D eigenvalue weighted by Crippen LogP contribution is 2.20. The van der Waals surface area contributed by atoms with Crippen molar-refractivity contribution in [2.24, 2.45) is 11.8 Å². The first-order chi connectivity index (χ1) is 7.31. The summed E-state index contributed by atoms with van der Waals surface area (Å²) >= 11 is 0. The molecule has 0 aliphatic carbocycles. The molecule has 0 spiro atoms. The number of piperidine rings is 1. The predicted octanol–water partition coefficient (Wildman–Crippen LogP) is -0.173. The molecule has 1 unspecified atom stereocenters. The topological polar surface area (TPSA) is 52.6 Å². The minimum absolute atomic E-state index is 0.177. The molecule has 1 amide bonds. The summed E-state index contributed by atoms with van der Waals surface area (Å²) in [7, 11) is 0. The summed E-state index contributed by atoms with van der Waals surface area (Å²) in [5.41, 5.74) is 0. The normalized spacial score (nSPS) is 31.9. The fourth-order valence-electron chi connectivity index (χ4n) is 2.50. The zero-order chi connectivity index (χ0) is 10.7. The molecule has 2 N–H and O–H groups in total. The third-order valence-corrected chi connectivity index (χ3v) is 3.50. The van der Waals surface area contributed by atoms with Gasteiger partial charge in [-0.2, -0.15) is 0 Å². The molecule has 0 aromatic carbocycles. The first-order valence-electron chi connectivity index (χ1n) is 5.91. The maximum atomic E-state index is 12.1. The molecule has 2 rings (SSSR count). The van der Waals surface area contributed by atoms with Crippen molar-refractivity contribution in [1.29, 1.82) is 0 Å². The Morgan fingerprint density at radius 3 is 2.93 bits per heavy atom. The van der Waals surface area contributed by atoms with E-state index < -0.39 is 0 Å².